The van der Waals surface area contributed by atoms with Crippen molar-refractivity contribution in [2.24, 2.45) is 0 Å². The first-order valence-corrected chi connectivity index (χ1v) is 8.79. The standard InChI is InChI=1S/C21H21NO5/c1-25-19-7-13-5-6-22(11-14(13)8-20(19)26-2)12-15-9-21(24)27-18-10-16(23)3-4-17(15)18/h3-4,7-10,23H,5-6,11-12H2,1-2H3. The molecule has 4 rings (SSSR count). The Hall–Kier alpha value is -2.99. The van der Waals surface area contributed by atoms with Gasteiger partial charge in [0.05, 0.1) is 14.2 Å². The van der Waals surface area contributed by atoms with Crippen LogP contribution in [0.2, 0.25) is 0 Å². The molecule has 2 heterocycles. The van der Waals surface area contributed by atoms with E-state index in [2.05, 4.69) is 4.90 Å². The summed E-state index contributed by atoms with van der Waals surface area (Å²) in [5, 5.41) is 10.5. The molecule has 0 saturated carbocycles. The van der Waals surface area contributed by atoms with Crippen molar-refractivity contribution in [1.82, 2.24) is 4.90 Å². The molecule has 140 valence electrons. The zero-order valence-electron chi connectivity index (χ0n) is 15.3. The van der Waals surface area contributed by atoms with Crippen molar-refractivity contribution in [2.45, 2.75) is 19.5 Å². The summed E-state index contributed by atoms with van der Waals surface area (Å²) in [6.07, 6.45) is 0.899. The molecule has 0 spiro atoms. The fraction of sp³-hybridized carbons (Fsp3) is 0.286. The van der Waals surface area contributed by atoms with Crippen LogP contribution in [0.1, 0.15) is 16.7 Å². The lowest BCUT2D eigenvalue weighted by molar-refractivity contribution is 0.244. The van der Waals surface area contributed by atoms with Gasteiger partial charge in [-0.05, 0) is 47.4 Å². The normalized spacial score (nSPS) is 14.1. The number of methoxy groups -OCH3 is 2. The Morgan fingerprint density at radius 3 is 2.56 bits per heavy atom. The Morgan fingerprint density at radius 1 is 1.07 bits per heavy atom. The molecule has 0 fully saturated rings. The van der Waals surface area contributed by atoms with Gasteiger partial charge >= 0.3 is 5.63 Å². The number of nitrogens with zero attached hydrogens (tertiary/aromatic N) is 1. The quantitative estimate of drug-likeness (QED) is 0.715. The zero-order valence-corrected chi connectivity index (χ0v) is 15.3. The fourth-order valence-corrected chi connectivity index (χ4v) is 3.67. The van der Waals surface area contributed by atoms with Gasteiger partial charge in [-0.3, -0.25) is 4.90 Å². The van der Waals surface area contributed by atoms with Gasteiger partial charge in [-0.1, -0.05) is 0 Å². The van der Waals surface area contributed by atoms with Crippen LogP contribution in [-0.4, -0.2) is 30.8 Å². The lowest BCUT2D eigenvalue weighted by Crippen LogP contribution is -2.30. The highest BCUT2D eigenvalue weighted by molar-refractivity contribution is 5.81. The van der Waals surface area contributed by atoms with E-state index in [1.807, 2.05) is 12.1 Å². The van der Waals surface area contributed by atoms with Gasteiger partial charge in [-0.25, -0.2) is 4.79 Å². The van der Waals surface area contributed by atoms with Crippen LogP contribution in [0.25, 0.3) is 11.0 Å². The molecule has 1 aliphatic rings. The van der Waals surface area contributed by atoms with E-state index in [0.29, 0.717) is 12.1 Å². The predicted molar refractivity (Wildman–Crippen MR) is 102 cm³/mol. The minimum Gasteiger partial charge on any atom is -0.508 e. The molecule has 0 amide bonds. The van der Waals surface area contributed by atoms with Crippen molar-refractivity contribution >= 4 is 11.0 Å². The Morgan fingerprint density at radius 2 is 1.81 bits per heavy atom. The third-order valence-electron chi connectivity index (χ3n) is 5.00. The highest BCUT2D eigenvalue weighted by Crippen LogP contribution is 2.34. The van der Waals surface area contributed by atoms with Crippen LogP contribution in [0.5, 0.6) is 17.2 Å². The topological polar surface area (TPSA) is 72.1 Å². The van der Waals surface area contributed by atoms with Crippen molar-refractivity contribution in [3.63, 3.8) is 0 Å². The fourth-order valence-electron chi connectivity index (χ4n) is 3.67. The molecule has 0 bridgehead atoms. The number of phenolic OH excluding ortho intramolecular Hbond substituents is 1. The van der Waals surface area contributed by atoms with Gasteiger partial charge in [0.1, 0.15) is 11.3 Å². The molecule has 0 saturated heterocycles. The number of rotatable bonds is 4. The third-order valence-corrected chi connectivity index (χ3v) is 5.00. The number of phenols is 1. The minimum atomic E-state index is -0.410. The van der Waals surface area contributed by atoms with Crippen molar-refractivity contribution in [3.8, 4) is 17.2 Å². The Balaban J connectivity index is 1.64. The largest absolute Gasteiger partial charge is 0.508 e. The number of ether oxygens (including phenoxy) is 2. The van der Waals surface area contributed by atoms with E-state index < -0.39 is 5.63 Å². The van der Waals surface area contributed by atoms with E-state index in [1.165, 1.54) is 23.3 Å². The van der Waals surface area contributed by atoms with Gasteiger partial charge in [0.2, 0.25) is 0 Å². The van der Waals surface area contributed by atoms with Crippen LogP contribution in [-0.2, 0) is 19.5 Å². The molecule has 3 aromatic rings. The van der Waals surface area contributed by atoms with Crippen molar-refractivity contribution in [3.05, 3.63) is 63.5 Å². The molecule has 27 heavy (non-hydrogen) atoms. The summed E-state index contributed by atoms with van der Waals surface area (Å²) < 4.78 is 16.0. The van der Waals surface area contributed by atoms with Crippen molar-refractivity contribution in [1.29, 1.82) is 0 Å². The van der Waals surface area contributed by atoms with E-state index in [4.69, 9.17) is 13.9 Å². The van der Waals surface area contributed by atoms with Gasteiger partial charge in [-0.2, -0.15) is 0 Å². The molecule has 1 aliphatic heterocycles. The van der Waals surface area contributed by atoms with Gasteiger partial charge < -0.3 is 19.0 Å². The van der Waals surface area contributed by atoms with E-state index in [0.717, 1.165) is 42.0 Å². The van der Waals surface area contributed by atoms with E-state index in [9.17, 15) is 9.90 Å². The summed E-state index contributed by atoms with van der Waals surface area (Å²) in [5.74, 6) is 1.55. The Bertz CT molecular complexity index is 1060. The number of aromatic hydroxyl groups is 1. The summed E-state index contributed by atoms with van der Waals surface area (Å²) in [7, 11) is 3.28. The lowest BCUT2D eigenvalue weighted by Gasteiger charge is -2.29. The number of hydrogen-bond acceptors (Lipinski definition) is 6. The molecule has 0 radical (unpaired) electrons. The van der Waals surface area contributed by atoms with Crippen LogP contribution in [0.3, 0.4) is 0 Å². The highest BCUT2D eigenvalue weighted by Gasteiger charge is 2.20. The maximum atomic E-state index is 11.9. The van der Waals surface area contributed by atoms with E-state index in [1.54, 1.807) is 26.4 Å². The molecular formula is C21H21NO5. The molecule has 0 atom stereocenters. The molecule has 6 heteroatoms. The molecule has 0 aliphatic carbocycles. The lowest BCUT2D eigenvalue weighted by atomic mass is 9.98. The number of hydrogen-bond donors (Lipinski definition) is 1. The highest BCUT2D eigenvalue weighted by atomic mass is 16.5. The molecule has 1 N–H and O–H groups in total. The summed E-state index contributed by atoms with van der Waals surface area (Å²) in [5.41, 5.74) is 3.34. The van der Waals surface area contributed by atoms with Gasteiger partial charge in [0.15, 0.2) is 11.5 Å². The van der Waals surface area contributed by atoms with Crippen LogP contribution >= 0.6 is 0 Å². The second-order valence-corrected chi connectivity index (χ2v) is 6.71. The number of benzene rings is 2. The molecule has 6 nitrogen and oxygen atoms in total. The second-order valence-electron chi connectivity index (χ2n) is 6.71. The van der Waals surface area contributed by atoms with E-state index >= 15 is 0 Å². The van der Waals surface area contributed by atoms with Crippen molar-refractivity contribution < 1.29 is 19.0 Å². The average Bonchev–Trinajstić information content (AvgIpc) is 2.66. The van der Waals surface area contributed by atoms with Crippen LogP contribution in [0, 0.1) is 0 Å². The van der Waals surface area contributed by atoms with Gasteiger partial charge in [-0.15, -0.1) is 0 Å². The average molecular weight is 367 g/mol. The van der Waals surface area contributed by atoms with Gasteiger partial charge in [0, 0.05) is 37.2 Å². The summed E-state index contributed by atoms with van der Waals surface area (Å²) in [4.78, 5) is 14.2. The van der Waals surface area contributed by atoms with Crippen LogP contribution < -0.4 is 15.1 Å². The van der Waals surface area contributed by atoms with Crippen LogP contribution in [0.4, 0.5) is 0 Å². The summed E-state index contributed by atoms with van der Waals surface area (Å²) >= 11 is 0. The predicted octanol–water partition coefficient (Wildman–Crippen LogP) is 3.07. The van der Waals surface area contributed by atoms with Crippen molar-refractivity contribution in [2.75, 3.05) is 20.8 Å². The zero-order chi connectivity index (χ0) is 19.0. The first-order valence-electron chi connectivity index (χ1n) is 8.79. The Labute approximate surface area is 156 Å². The summed E-state index contributed by atoms with van der Waals surface area (Å²) in [6.45, 7) is 2.26. The van der Waals surface area contributed by atoms with Gasteiger partial charge in [0.25, 0.3) is 0 Å². The first kappa shape index (κ1) is 17.4. The molecule has 2 aromatic carbocycles. The maximum absolute atomic E-state index is 11.9. The Kier molecular flexibility index (Phi) is 4.49. The third kappa shape index (κ3) is 3.36. The summed E-state index contributed by atoms with van der Waals surface area (Å²) in [6, 6.07) is 10.5. The maximum Gasteiger partial charge on any atom is 0.336 e. The smallest absolute Gasteiger partial charge is 0.336 e. The monoisotopic (exact) mass is 367 g/mol. The first-order chi connectivity index (χ1) is 13.1. The molecule has 1 aromatic heterocycles. The van der Waals surface area contributed by atoms with Crippen LogP contribution in [0.15, 0.2) is 45.6 Å². The SMILES string of the molecule is COc1cc2c(cc1OC)CN(Cc1cc(=O)oc3cc(O)ccc13)CC2. The minimum absolute atomic E-state index is 0.0794. The molecule has 0 unspecified atom stereocenters. The molecular weight excluding hydrogens is 346 g/mol. The second kappa shape index (κ2) is 6.96. The van der Waals surface area contributed by atoms with E-state index in [-0.39, 0.29) is 5.75 Å². The number of fused-ring (bicyclic) bond motifs is 2.